The number of hydrogen-bond acceptors (Lipinski definition) is 6. The first-order valence-electron chi connectivity index (χ1n) is 9.88. The fraction of sp³-hybridized carbons (Fsp3) is 0.632. The number of fused-ring (bicyclic) bond motifs is 3. The Hall–Kier alpha value is -2.68. The smallest absolute Gasteiger partial charge is 0.475 e. The summed E-state index contributed by atoms with van der Waals surface area (Å²) in [5.74, 6) is -4.53. The molecule has 8 nitrogen and oxygen atoms in total. The highest BCUT2D eigenvalue weighted by Gasteiger charge is 2.39. The van der Waals surface area contributed by atoms with E-state index in [1.807, 2.05) is 6.92 Å². The molecule has 0 bridgehead atoms. The summed E-state index contributed by atoms with van der Waals surface area (Å²) in [4.78, 5) is 24.8. The van der Waals surface area contributed by atoms with Crippen LogP contribution in [0, 0.1) is 0 Å². The van der Waals surface area contributed by atoms with Gasteiger partial charge in [0.15, 0.2) is 0 Å². The quantitative estimate of drug-likeness (QED) is 0.534. The Kier molecular flexibility index (Phi) is 10.5. The van der Waals surface area contributed by atoms with Crippen molar-refractivity contribution in [1.29, 1.82) is 0 Å². The van der Waals surface area contributed by atoms with E-state index in [4.69, 9.17) is 24.5 Å². The number of nitrogens with zero attached hydrogens (tertiary/aromatic N) is 2. The van der Waals surface area contributed by atoms with E-state index >= 15 is 0 Å². The molecule has 1 saturated heterocycles. The predicted octanol–water partition coefficient (Wildman–Crippen LogP) is 3.08. The summed E-state index contributed by atoms with van der Waals surface area (Å²) >= 11 is 0. The van der Waals surface area contributed by atoms with Crippen LogP contribution in [0.1, 0.15) is 30.7 Å². The summed E-state index contributed by atoms with van der Waals surface area (Å²) in [6.45, 7) is 6.65. The van der Waals surface area contributed by atoms with E-state index in [9.17, 15) is 30.7 Å². The molecule has 0 saturated carbocycles. The van der Waals surface area contributed by atoms with Crippen LogP contribution >= 0.6 is 0 Å². The van der Waals surface area contributed by atoms with Gasteiger partial charge in [0, 0.05) is 37.3 Å². The number of aliphatic carboxylic acids is 2. The molecule has 3 heterocycles. The Balaban J connectivity index is 0.000000343. The Morgan fingerprint density at radius 3 is 2.12 bits per heavy atom. The molecule has 2 atom stereocenters. The van der Waals surface area contributed by atoms with Crippen molar-refractivity contribution in [1.82, 2.24) is 10.3 Å². The number of anilines is 1. The number of nitrogens with one attached hydrogen (secondary N) is 1. The fourth-order valence-electron chi connectivity index (χ4n) is 3.28. The van der Waals surface area contributed by atoms with Gasteiger partial charge < -0.3 is 25.2 Å². The van der Waals surface area contributed by atoms with Crippen molar-refractivity contribution in [2.45, 2.75) is 58.0 Å². The Bertz CT molecular complexity index is 825. The molecule has 0 amide bonds. The van der Waals surface area contributed by atoms with Crippen LogP contribution in [0.4, 0.5) is 36.6 Å². The first-order valence-corrected chi connectivity index (χ1v) is 9.88. The molecule has 2 aliphatic heterocycles. The van der Waals surface area contributed by atoms with E-state index in [0.717, 1.165) is 30.9 Å². The van der Waals surface area contributed by atoms with Crippen molar-refractivity contribution in [3.8, 4) is 0 Å². The van der Waals surface area contributed by atoms with Crippen LogP contribution in [-0.4, -0.2) is 71.3 Å². The number of carboxylic acid groups (broad SMARTS) is 2. The maximum Gasteiger partial charge on any atom is 0.490 e. The first kappa shape index (κ1) is 29.4. The summed E-state index contributed by atoms with van der Waals surface area (Å²) in [5.41, 5.74) is 2.66. The van der Waals surface area contributed by atoms with Crippen LogP contribution in [0.5, 0.6) is 0 Å². The Labute approximate surface area is 189 Å². The van der Waals surface area contributed by atoms with Crippen molar-refractivity contribution in [2.75, 3.05) is 24.6 Å². The van der Waals surface area contributed by atoms with Crippen LogP contribution in [0.2, 0.25) is 0 Å². The average molecular weight is 507 g/mol. The third-order valence-electron chi connectivity index (χ3n) is 4.71. The zero-order valence-corrected chi connectivity index (χ0v) is 18.1. The van der Waals surface area contributed by atoms with Crippen molar-refractivity contribution < 1.29 is 55.3 Å². The van der Waals surface area contributed by atoms with Crippen LogP contribution in [0.25, 0.3) is 0 Å². The SMILES string of the molecule is CCOCc1cc2c(nc1CF)N1[C@@H](CNC[C@H]1C)C2.O=C(O)C(F)(F)F.O=C(O)C(F)(F)F. The van der Waals surface area contributed by atoms with Gasteiger partial charge >= 0.3 is 24.3 Å². The van der Waals surface area contributed by atoms with Crippen molar-refractivity contribution in [2.24, 2.45) is 0 Å². The number of rotatable bonds is 4. The molecule has 0 unspecified atom stereocenters. The fourth-order valence-corrected chi connectivity index (χ4v) is 3.28. The molecule has 0 aliphatic carbocycles. The van der Waals surface area contributed by atoms with E-state index in [1.54, 1.807) is 0 Å². The van der Waals surface area contributed by atoms with Gasteiger partial charge in [0.1, 0.15) is 12.5 Å². The number of carbonyl (C=O) groups is 2. The monoisotopic (exact) mass is 507 g/mol. The molecular formula is C19H24F7N3O5. The van der Waals surface area contributed by atoms with Crippen molar-refractivity contribution >= 4 is 17.8 Å². The highest BCUT2D eigenvalue weighted by atomic mass is 19.4. The van der Waals surface area contributed by atoms with E-state index in [1.165, 1.54) is 5.56 Å². The van der Waals surface area contributed by atoms with Gasteiger partial charge in [-0.2, -0.15) is 26.3 Å². The average Bonchev–Trinajstić information content (AvgIpc) is 3.09. The number of carboxylic acids is 2. The Morgan fingerprint density at radius 2 is 1.68 bits per heavy atom. The van der Waals surface area contributed by atoms with Gasteiger partial charge in [0.05, 0.1) is 12.3 Å². The summed E-state index contributed by atoms with van der Waals surface area (Å²) in [5, 5.41) is 17.7. The van der Waals surface area contributed by atoms with Crippen LogP contribution in [0.15, 0.2) is 6.07 Å². The van der Waals surface area contributed by atoms with E-state index < -0.39 is 31.0 Å². The van der Waals surface area contributed by atoms with Gasteiger partial charge in [-0.15, -0.1) is 0 Å². The molecule has 194 valence electrons. The summed E-state index contributed by atoms with van der Waals surface area (Å²) < 4.78 is 82.2. The summed E-state index contributed by atoms with van der Waals surface area (Å²) in [6.07, 6.45) is -9.18. The highest BCUT2D eigenvalue weighted by Crippen LogP contribution is 2.35. The van der Waals surface area contributed by atoms with Gasteiger partial charge in [0.2, 0.25) is 0 Å². The van der Waals surface area contributed by atoms with Crippen LogP contribution < -0.4 is 10.2 Å². The van der Waals surface area contributed by atoms with Crippen LogP contribution in [-0.2, 0) is 34.0 Å². The minimum absolute atomic E-state index is 0.410. The lowest BCUT2D eigenvalue weighted by molar-refractivity contribution is -0.193. The molecule has 0 aromatic carbocycles. The van der Waals surface area contributed by atoms with Crippen molar-refractivity contribution in [3.63, 3.8) is 0 Å². The lowest BCUT2D eigenvalue weighted by Crippen LogP contribution is -2.55. The topological polar surface area (TPSA) is 112 Å². The maximum atomic E-state index is 13.3. The summed E-state index contributed by atoms with van der Waals surface area (Å²) in [7, 11) is 0. The second-order valence-electron chi connectivity index (χ2n) is 7.23. The minimum Gasteiger partial charge on any atom is -0.475 e. The molecule has 3 rings (SSSR count). The molecule has 3 N–H and O–H groups in total. The second-order valence-corrected chi connectivity index (χ2v) is 7.23. The highest BCUT2D eigenvalue weighted by molar-refractivity contribution is 5.73. The molecule has 1 fully saturated rings. The molecule has 1 aromatic heterocycles. The Morgan fingerprint density at radius 1 is 1.15 bits per heavy atom. The first-order chi connectivity index (χ1) is 15.6. The van der Waals surface area contributed by atoms with Gasteiger partial charge in [-0.1, -0.05) is 0 Å². The van der Waals surface area contributed by atoms with E-state index in [-0.39, 0.29) is 0 Å². The molecule has 0 spiro atoms. The van der Waals surface area contributed by atoms with Gasteiger partial charge in [-0.05, 0) is 31.9 Å². The zero-order chi connectivity index (χ0) is 26.3. The lowest BCUT2D eigenvalue weighted by atomic mass is 10.1. The number of ether oxygens (including phenoxy) is 1. The maximum absolute atomic E-state index is 13.3. The third-order valence-corrected chi connectivity index (χ3v) is 4.71. The minimum atomic E-state index is -5.08. The molecule has 2 aliphatic rings. The molecule has 1 aromatic rings. The molecule has 0 radical (unpaired) electrons. The molecule has 15 heteroatoms. The number of pyridine rings is 1. The largest absolute Gasteiger partial charge is 0.490 e. The number of halogens is 7. The second kappa shape index (κ2) is 12.1. The zero-order valence-electron chi connectivity index (χ0n) is 18.1. The number of piperazine rings is 1. The van der Waals surface area contributed by atoms with Crippen LogP contribution in [0.3, 0.4) is 0 Å². The van der Waals surface area contributed by atoms with Gasteiger partial charge in [0.25, 0.3) is 0 Å². The standard InChI is InChI=1S/C15H22FN3O.2C2HF3O2/c1-3-20-9-12-4-11-5-13-8-17-7-10(2)19(13)15(11)18-14(12)6-16;2*3-2(4,5)1(6)7/h4,10,13,17H,3,5-9H2,1-2H3;2*(H,6,7)/t10-,13-;;/m1../s1. The van der Waals surface area contributed by atoms with Gasteiger partial charge in [-0.25, -0.2) is 19.0 Å². The van der Waals surface area contributed by atoms with Crippen molar-refractivity contribution in [3.05, 3.63) is 22.9 Å². The predicted molar refractivity (Wildman–Crippen MR) is 104 cm³/mol. The number of alkyl halides is 7. The summed E-state index contributed by atoms with van der Waals surface area (Å²) in [6, 6.07) is 2.96. The number of aromatic nitrogens is 1. The lowest BCUT2D eigenvalue weighted by Gasteiger charge is -2.37. The molecule has 34 heavy (non-hydrogen) atoms. The van der Waals surface area contributed by atoms with E-state index in [0.29, 0.717) is 31.0 Å². The molecular weight excluding hydrogens is 483 g/mol. The van der Waals surface area contributed by atoms with Gasteiger partial charge in [-0.3, -0.25) is 0 Å². The number of hydrogen-bond donors (Lipinski definition) is 3. The normalized spacial score (nSPS) is 19.1. The van der Waals surface area contributed by atoms with E-state index in [2.05, 4.69) is 28.2 Å². The third kappa shape index (κ3) is 8.27.